The van der Waals surface area contributed by atoms with Crippen molar-refractivity contribution in [1.82, 2.24) is 9.55 Å². The fraction of sp³-hybridized carbons (Fsp3) is 0.280. The van der Waals surface area contributed by atoms with Crippen LogP contribution in [-0.4, -0.2) is 34.5 Å². The molecule has 1 aromatic heterocycles. The zero-order valence-corrected chi connectivity index (χ0v) is 19.4. The van der Waals surface area contributed by atoms with E-state index >= 15 is 0 Å². The number of para-hydroxylation sites is 2. The number of nitrogens with one attached hydrogen (secondary N) is 1. The molecule has 2 amide bonds. The first kappa shape index (κ1) is 23.8. The van der Waals surface area contributed by atoms with Gasteiger partial charge in [0.05, 0.1) is 12.2 Å². The predicted molar refractivity (Wildman–Crippen MR) is 133 cm³/mol. The number of fused-ring (bicyclic) bond motifs is 1. The van der Waals surface area contributed by atoms with Crippen LogP contribution in [0.15, 0.2) is 64.2 Å². The second kappa shape index (κ2) is 10.3. The summed E-state index contributed by atoms with van der Waals surface area (Å²) in [5.41, 5.74) is 6.00. The second-order valence-corrected chi connectivity index (χ2v) is 8.20. The Labute approximate surface area is 201 Å². The van der Waals surface area contributed by atoms with Crippen molar-refractivity contribution in [3.63, 3.8) is 0 Å². The van der Waals surface area contributed by atoms with E-state index in [2.05, 4.69) is 4.98 Å². The first-order valence-corrected chi connectivity index (χ1v) is 11.4. The van der Waals surface area contributed by atoms with E-state index in [4.69, 9.17) is 10.5 Å². The lowest BCUT2D eigenvalue weighted by molar-refractivity contribution is -0.124. The molecule has 1 aliphatic rings. The number of anilines is 3. The molecule has 0 spiro atoms. The van der Waals surface area contributed by atoms with E-state index in [0.29, 0.717) is 24.4 Å². The van der Waals surface area contributed by atoms with Crippen LogP contribution in [-0.2, 0) is 22.7 Å². The SMILES string of the molecule is CCCCn1c(N)c(N(Cc2ccccc2)C(=O)CN2C(=O)COc3ccccc32)c(=O)[nH]c1=O. The lowest BCUT2D eigenvalue weighted by Gasteiger charge is -2.31. The summed E-state index contributed by atoms with van der Waals surface area (Å²) in [6, 6.07) is 16.0. The van der Waals surface area contributed by atoms with E-state index in [1.807, 2.05) is 37.3 Å². The van der Waals surface area contributed by atoms with Gasteiger partial charge in [0.25, 0.3) is 11.5 Å². The Morgan fingerprint density at radius 3 is 2.54 bits per heavy atom. The molecule has 1 aliphatic heterocycles. The summed E-state index contributed by atoms with van der Waals surface area (Å²) in [6.07, 6.45) is 1.48. The number of amides is 2. The van der Waals surface area contributed by atoms with Gasteiger partial charge in [0, 0.05) is 6.54 Å². The maximum atomic E-state index is 13.7. The van der Waals surface area contributed by atoms with Gasteiger partial charge in [0.15, 0.2) is 12.3 Å². The molecule has 0 aliphatic carbocycles. The van der Waals surface area contributed by atoms with Crippen LogP contribution in [0.1, 0.15) is 25.3 Å². The highest BCUT2D eigenvalue weighted by molar-refractivity contribution is 6.06. The number of nitrogens with zero attached hydrogens (tertiary/aromatic N) is 3. The van der Waals surface area contributed by atoms with E-state index in [-0.39, 0.29) is 37.1 Å². The first-order chi connectivity index (χ1) is 16.9. The summed E-state index contributed by atoms with van der Waals surface area (Å²) in [4.78, 5) is 56.5. The Balaban J connectivity index is 1.76. The topological polar surface area (TPSA) is 131 Å². The number of H-pyrrole nitrogens is 1. The molecule has 10 nitrogen and oxygen atoms in total. The number of carbonyl (C=O) groups is 2. The fourth-order valence-electron chi connectivity index (χ4n) is 3.98. The molecule has 0 fully saturated rings. The average Bonchev–Trinajstić information content (AvgIpc) is 2.85. The summed E-state index contributed by atoms with van der Waals surface area (Å²) in [5.74, 6) is -0.520. The third kappa shape index (κ3) is 4.96. The zero-order valence-electron chi connectivity index (χ0n) is 19.4. The lowest BCUT2D eigenvalue weighted by Crippen LogP contribution is -2.48. The maximum absolute atomic E-state index is 13.7. The van der Waals surface area contributed by atoms with E-state index < -0.39 is 17.2 Å². The minimum Gasteiger partial charge on any atom is -0.482 e. The van der Waals surface area contributed by atoms with Gasteiger partial charge in [-0.3, -0.25) is 33.7 Å². The summed E-state index contributed by atoms with van der Waals surface area (Å²) in [6.45, 7) is 1.76. The van der Waals surface area contributed by atoms with Crippen molar-refractivity contribution < 1.29 is 14.3 Å². The van der Waals surface area contributed by atoms with Crippen LogP contribution >= 0.6 is 0 Å². The zero-order chi connectivity index (χ0) is 24.9. The molecule has 182 valence electrons. The van der Waals surface area contributed by atoms with Crippen molar-refractivity contribution in [3.8, 4) is 5.75 Å². The van der Waals surface area contributed by atoms with E-state index in [0.717, 1.165) is 12.0 Å². The molecule has 0 bridgehead atoms. The van der Waals surface area contributed by atoms with Crippen LogP contribution in [0.3, 0.4) is 0 Å². The molecule has 0 atom stereocenters. The summed E-state index contributed by atoms with van der Waals surface area (Å²) < 4.78 is 6.73. The first-order valence-electron chi connectivity index (χ1n) is 11.4. The van der Waals surface area contributed by atoms with Gasteiger partial charge in [-0.2, -0.15) is 0 Å². The molecular weight excluding hydrogens is 450 g/mol. The number of aromatic amines is 1. The molecule has 0 unspecified atom stereocenters. The molecule has 4 rings (SSSR count). The molecule has 35 heavy (non-hydrogen) atoms. The highest BCUT2D eigenvalue weighted by atomic mass is 16.5. The van der Waals surface area contributed by atoms with Gasteiger partial charge in [0.2, 0.25) is 5.91 Å². The highest BCUT2D eigenvalue weighted by Gasteiger charge is 2.31. The normalized spacial score (nSPS) is 12.7. The molecule has 0 radical (unpaired) electrons. The van der Waals surface area contributed by atoms with Gasteiger partial charge in [-0.15, -0.1) is 0 Å². The van der Waals surface area contributed by atoms with Gasteiger partial charge >= 0.3 is 5.69 Å². The van der Waals surface area contributed by atoms with Gasteiger partial charge in [-0.1, -0.05) is 55.8 Å². The summed E-state index contributed by atoms with van der Waals surface area (Å²) >= 11 is 0. The number of nitrogens with two attached hydrogens (primary N) is 1. The number of hydrogen-bond donors (Lipinski definition) is 2. The van der Waals surface area contributed by atoms with Gasteiger partial charge < -0.3 is 10.5 Å². The van der Waals surface area contributed by atoms with Crippen molar-refractivity contribution in [3.05, 3.63) is 81.0 Å². The maximum Gasteiger partial charge on any atom is 0.330 e. The van der Waals surface area contributed by atoms with Crippen LogP contribution in [0.25, 0.3) is 0 Å². The Bertz CT molecular complexity index is 1350. The third-order valence-corrected chi connectivity index (χ3v) is 5.81. The van der Waals surface area contributed by atoms with Gasteiger partial charge in [-0.25, -0.2) is 4.79 Å². The third-order valence-electron chi connectivity index (χ3n) is 5.81. The van der Waals surface area contributed by atoms with Gasteiger partial charge in [0.1, 0.15) is 18.1 Å². The standard InChI is InChI=1S/C25H27N5O5/c1-2-3-13-28-23(26)22(24(33)27-25(28)34)30(14-17-9-5-4-6-10-17)20(31)15-29-18-11-7-8-12-19(18)35-16-21(29)32/h4-12H,2-3,13-16,26H2,1H3,(H,27,33,34). The molecule has 3 aromatic rings. The van der Waals surface area contributed by atoms with Crippen molar-refractivity contribution in [2.24, 2.45) is 0 Å². The van der Waals surface area contributed by atoms with Gasteiger partial charge in [-0.05, 0) is 24.1 Å². The minimum absolute atomic E-state index is 0.0269. The number of nitrogen functional groups attached to an aromatic ring is 1. The second-order valence-electron chi connectivity index (χ2n) is 8.20. The highest BCUT2D eigenvalue weighted by Crippen LogP contribution is 2.31. The van der Waals surface area contributed by atoms with Crippen molar-refractivity contribution in [2.75, 3.05) is 28.7 Å². The largest absolute Gasteiger partial charge is 0.482 e. The average molecular weight is 478 g/mol. The van der Waals surface area contributed by atoms with Crippen molar-refractivity contribution in [2.45, 2.75) is 32.9 Å². The Kier molecular flexibility index (Phi) is 7.00. The molecule has 10 heteroatoms. The number of rotatable bonds is 8. The number of ether oxygens (including phenoxy) is 1. The van der Waals surface area contributed by atoms with Crippen LogP contribution in [0.5, 0.6) is 5.75 Å². The van der Waals surface area contributed by atoms with E-state index in [1.165, 1.54) is 14.4 Å². The van der Waals surface area contributed by atoms with Crippen molar-refractivity contribution >= 4 is 29.0 Å². The molecule has 0 saturated heterocycles. The lowest BCUT2D eigenvalue weighted by atomic mass is 10.2. The molecule has 0 saturated carbocycles. The smallest absolute Gasteiger partial charge is 0.330 e. The van der Waals surface area contributed by atoms with E-state index in [1.54, 1.807) is 24.3 Å². The van der Waals surface area contributed by atoms with Crippen LogP contribution in [0.2, 0.25) is 0 Å². The summed E-state index contributed by atoms with van der Waals surface area (Å²) in [7, 11) is 0. The van der Waals surface area contributed by atoms with E-state index in [9.17, 15) is 19.2 Å². The Morgan fingerprint density at radius 2 is 1.80 bits per heavy atom. The molecule has 2 aromatic carbocycles. The summed E-state index contributed by atoms with van der Waals surface area (Å²) in [5, 5.41) is 0. The molecule has 2 heterocycles. The monoisotopic (exact) mass is 477 g/mol. The number of unbranched alkanes of at least 4 members (excludes halogenated alkanes) is 1. The van der Waals surface area contributed by atoms with Crippen LogP contribution in [0, 0.1) is 0 Å². The number of benzene rings is 2. The number of hydrogen-bond acceptors (Lipinski definition) is 6. The Hall–Kier alpha value is -4.34. The quantitative estimate of drug-likeness (QED) is 0.509. The Morgan fingerprint density at radius 1 is 1.09 bits per heavy atom. The number of carbonyl (C=O) groups excluding carboxylic acids is 2. The fourth-order valence-corrected chi connectivity index (χ4v) is 3.98. The molecular formula is C25H27N5O5. The van der Waals surface area contributed by atoms with Crippen LogP contribution < -0.4 is 31.5 Å². The van der Waals surface area contributed by atoms with Crippen molar-refractivity contribution in [1.29, 1.82) is 0 Å². The molecule has 3 N–H and O–H groups in total. The minimum atomic E-state index is -0.766. The number of aromatic nitrogens is 2. The van der Waals surface area contributed by atoms with Crippen LogP contribution in [0.4, 0.5) is 17.2 Å². The predicted octanol–water partition coefficient (Wildman–Crippen LogP) is 1.88.